The Morgan fingerprint density at radius 1 is 0.283 bits per heavy atom. The number of rotatable bonds is 38. The van der Waals surface area contributed by atoms with Gasteiger partial charge in [-0.25, -0.2) is 19.2 Å². The van der Waals surface area contributed by atoms with Gasteiger partial charge in [-0.1, -0.05) is 80.0 Å². The maximum atomic E-state index is 10.2. The number of carbonyl (C=O) groups is 10. The molecule has 46 heteroatoms. The van der Waals surface area contributed by atoms with E-state index in [1.807, 2.05) is 0 Å². The molecule has 648 valence electrons. The molecule has 0 spiro atoms. The van der Waals surface area contributed by atoms with Gasteiger partial charge in [-0.05, 0) is 142 Å². The van der Waals surface area contributed by atoms with Gasteiger partial charge in [0.15, 0.2) is 0 Å². The van der Waals surface area contributed by atoms with Crippen LogP contribution in [0.25, 0.3) is 0 Å². The van der Waals surface area contributed by atoms with Crippen molar-refractivity contribution in [3.05, 3.63) is 38.0 Å². The van der Waals surface area contributed by atoms with Crippen LogP contribution in [0.15, 0.2) is 38.0 Å². The smallest absolute Gasteiger partial charge is 0.373 e. The van der Waals surface area contributed by atoms with Crippen molar-refractivity contribution in [1.29, 1.82) is 0 Å². The standard InChI is InChI=1S/2C7H15N3O2.2C6H13N3O3.4C5H12N2O2.2C2H2O.CO2.9CH4.4H3N/c2*1-5(8)10-4-2-3-6(9)7(11)12;2*7-4(5(10)11)2-1-3-9-6(8)12;4*6-3-1-2-4(7)5(8)9;2*1-2-3;2-1-3;;;;;;;;;;;;;/h2*6,10H,1-4,8-9H2,(H,11,12);2*4H,1-3,7H2,(H,10,11)(H3,8,9,12);4*4H,1-3,6-7H2,(H,8,9);2*1H2;;9*1H4;4*1H3/t2*6-;6*4-;;;;;;;;;;;;;;;;/m00000000................/s1/i4*8+1;;;;;;;;;;;;;;;;;4*1+1. The number of urea groups is 2. The first-order valence-electron chi connectivity index (χ1n) is 27.5. The molecule has 0 rings (SSSR count). The molecule has 4 amide bonds. The molecule has 106 heavy (non-hydrogen) atoms. The summed E-state index contributed by atoms with van der Waals surface area (Å²) in [6, 6.07) is -7.47. The van der Waals surface area contributed by atoms with Gasteiger partial charge < -0.3 is 178 Å². The van der Waals surface area contributed by atoms with Gasteiger partial charge >= 0.3 is 66.0 Å². The van der Waals surface area contributed by atoms with E-state index in [9.17, 15) is 47.9 Å². The Kier molecular flexibility index (Phi) is 203. The lowest BCUT2D eigenvalue weighted by Crippen LogP contribution is -2.33. The summed E-state index contributed by atoms with van der Waals surface area (Å²) in [6.07, 6.45) is 8.70. The van der Waals surface area contributed by atoms with Crippen LogP contribution in [0, 0.1) is 0 Å². The number of hydrogen-bond donors (Lipinski definition) is 32. The molecular formula is C60H156N24O22. The molecule has 0 aliphatic heterocycles. The molecule has 8 atom stereocenters. The summed E-state index contributed by atoms with van der Waals surface area (Å²) >= 11 is 0. The van der Waals surface area contributed by atoms with Gasteiger partial charge in [0.2, 0.25) is 0 Å². The van der Waals surface area contributed by atoms with Gasteiger partial charge in [-0.15, -0.1) is 0 Å². The average Bonchev–Trinajstić information content (AvgIpc) is 3.47. The SMILES string of the molecule is C.C.C.C.C.C.C.C.C.C=C([15NH2])NCCC[C@H](N)C(=O)O.C=C([15NH2])NCCC[C@H](N)C(=O)O.C=C=O.C=C=O.NCCC[C@H](N)C(=O)O.NCCC[C@H](N)C(=O)O.NCCC[C@H](N)C(=O)O.NCCC[C@H](N)C(=O)O.N[C@@H](CCCNC([15NH2])=O)C(=O)O.N[C@@H](CCCNC([15NH2])=O)C(=O)O.O=C=O.[15NH3].[15NH3].[15NH3].[15NH3]. The highest BCUT2D eigenvalue weighted by Crippen LogP contribution is 1.97. The van der Waals surface area contributed by atoms with E-state index in [2.05, 4.69) is 47.6 Å². The van der Waals surface area contributed by atoms with E-state index >= 15 is 0 Å². The fourth-order valence-electron chi connectivity index (χ4n) is 4.55. The Morgan fingerprint density at radius 3 is 0.472 bits per heavy atom. The molecule has 56 N–H and O–H groups in total. The maximum absolute atomic E-state index is 10.2. The maximum Gasteiger partial charge on any atom is 0.373 e. The first-order chi connectivity index (χ1) is 43.1. The topological polar surface area (TPSA) is 1010 Å². The van der Waals surface area contributed by atoms with E-state index in [1.54, 1.807) is 0 Å². The van der Waals surface area contributed by atoms with E-state index < -0.39 is 108 Å². The summed E-state index contributed by atoms with van der Waals surface area (Å²) < 4.78 is 0. The van der Waals surface area contributed by atoms with Crippen LogP contribution in [0.2, 0.25) is 0 Å². The zero-order valence-electron chi connectivity index (χ0n) is 55.3. The number of nitrogens with two attached hydrogens (primary N) is 16. The predicted molar refractivity (Wildman–Crippen MR) is 421 cm³/mol. The summed E-state index contributed by atoms with van der Waals surface area (Å²) in [5.41, 5.74) is 82.0. The third-order valence-corrected chi connectivity index (χ3v) is 9.48. The van der Waals surface area contributed by atoms with Gasteiger partial charge in [-0.3, -0.25) is 38.4 Å². The lowest BCUT2D eigenvalue weighted by molar-refractivity contribution is -0.192. The minimum Gasteiger partial charge on any atom is -0.480 e. The Morgan fingerprint density at radius 2 is 0.387 bits per heavy atom. The molecule has 0 aromatic rings. The van der Waals surface area contributed by atoms with E-state index in [4.69, 9.17) is 152 Å². The molecular weight excluding hydrogens is 1420 g/mol. The second kappa shape index (κ2) is 129. The highest BCUT2D eigenvalue weighted by atomic mass is 16.4. The summed E-state index contributed by atoms with van der Waals surface area (Å²) in [5, 5.41) is 76.7. The number of aliphatic carboxylic acids is 8. The van der Waals surface area contributed by atoms with Crippen molar-refractivity contribution in [2.45, 2.75) is 218 Å². The second-order valence-electron chi connectivity index (χ2n) is 17.7. The first kappa shape index (κ1) is 168. The third-order valence-electron chi connectivity index (χ3n) is 9.48. The van der Waals surface area contributed by atoms with Gasteiger partial charge in [0.05, 0.1) is 11.6 Å². The number of amides is 4. The van der Waals surface area contributed by atoms with Crippen LogP contribution in [0.4, 0.5) is 9.59 Å². The largest absolute Gasteiger partial charge is 0.480 e. The lowest BCUT2D eigenvalue weighted by atomic mass is 10.2. The summed E-state index contributed by atoms with van der Waals surface area (Å²) in [7, 11) is 0. The molecule has 0 saturated carbocycles. The van der Waals surface area contributed by atoms with E-state index in [1.165, 1.54) is 11.9 Å². The summed E-state index contributed by atoms with van der Waals surface area (Å²) in [6.45, 7) is 16.1. The van der Waals surface area contributed by atoms with Crippen LogP contribution in [0.3, 0.4) is 0 Å². The zero-order valence-corrected chi connectivity index (χ0v) is 55.3. The van der Waals surface area contributed by atoms with Crippen LogP contribution in [-0.4, -0.2) is 219 Å². The molecule has 0 aliphatic carbocycles. The van der Waals surface area contributed by atoms with Crippen molar-refractivity contribution >= 4 is 77.9 Å². The first-order valence-corrected chi connectivity index (χ1v) is 27.5. The van der Waals surface area contributed by atoms with E-state index in [-0.39, 0.29) is 97.6 Å². The van der Waals surface area contributed by atoms with E-state index in [0.29, 0.717) is 167 Å². The van der Waals surface area contributed by atoms with Crippen LogP contribution < -0.4 is 138 Å². The van der Waals surface area contributed by atoms with Crippen molar-refractivity contribution in [3.63, 3.8) is 0 Å². The highest BCUT2D eigenvalue weighted by molar-refractivity contribution is 5.76. The zero-order chi connectivity index (χ0) is 75.5. The Balaban J connectivity index is -0.0000000319. The molecule has 0 aromatic carbocycles. The molecule has 0 fully saturated rings. The Labute approximate surface area is 629 Å². The van der Waals surface area contributed by atoms with Gasteiger partial charge in [-0.2, -0.15) is 9.59 Å². The molecule has 0 aliphatic rings. The fraction of sp³-hybridized carbons (Fsp3) is 0.683. The van der Waals surface area contributed by atoms with Crippen molar-refractivity contribution in [3.8, 4) is 0 Å². The molecule has 0 radical (unpaired) electrons. The van der Waals surface area contributed by atoms with Gasteiger partial charge in [0.25, 0.3) is 0 Å². The monoisotopic (exact) mass is 1570 g/mol. The predicted octanol–water partition coefficient (Wildman–Crippen LogP) is -1.56. The minimum atomic E-state index is -1.03. The molecule has 0 heterocycles. The Hall–Kier alpha value is -9.38. The number of nitrogens with one attached hydrogen (secondary N) is 4. The third kappa shape index (κ3) is 187. The summed E-state index contributed by atoms with van der Waals surface area (Å²) in [4.78, 5) is 135. The minimum absolute atomic E-state index is 0. The molecule has 0 aromatic heterocycles. The van der Waals surface area contributed by atoms with Crippen molar-refractivity contribution in [1.82, 2.24) is 45.9 Å². The summed E-state index contributed by atoms with van der Waals surface area (Å²) in [5.74, 6) is -4.55. The van der Waals surface area contributed by atoms with Crippen LogP contribution >= 0.6 is 0 Å². The van der Waals surface area contributed by atoms with E-state index in [0.717, 1.165) is 0 Å². The van der Waals surface area contributed by atoms with Gasteiger partial charge in [0, 0.05) is 26.2 Å². The van der Waals surface area contributed by atoms with Crippen LogP contribution in [-0.2, 0) is 57.5 Å². The number of carboxylic acid groups (broad SMARTS) is 8. The number of primary amides is 2. The van der Waals surface area contributed by atoms with Gasteiger partial charge in [0.1, 0.15) is 60.2 Å². The van der Waals surface area contributed by atoms with Crippen molar-refractivity contribution in [2.24, 2.45) is 91.7 Å². The van der Waals surface area contributed by atoms with Crippen molar-refractivity contribution < 1.29 is 108 Å². The Bertz CT molecular complexity index is 1830. The normalized spacial score (nSPS) is 10.2. The highest BCUT2D eigenvalue weighted by Gasteiger charge is 2.14. The molecule has 0 unspecified atom stereocenters. The fourth-order valence-corrected chi connectivity index (χ4v) is 4.55. The number of hydrogen-bond acceptors (Lipinski definition) is 34. The average molecular weight is 1570 g/mol. The quantitative estimate of drug-likeness (QED) is 0.0189. The van der Waals surface area contributed by atoms with Crippen LogP contribution in [0.1, 0.15) is 170 Å². The van der Waals surface area contributed by atoms with Crippen LogP contribution in [0.5, 0.6) is 0 Å². The number of carboxylic acids is 8. The lowest BCUT2D eigenvalue weighted by Gasteiger charge is -2.07. The van der Waals surface area contributed by atoms with Crippen molar-refractivity contribution in [2.75, 3.05) is 52.4 Å². The molecule has 0 bridgehead atoms. The number of carbonyl (C=O) groups excluding carboxylic acids is 6. The molecule has 0 saturated heterocycles. The molecule has 46 nitrogen and oxygen atoms in total. The second-order valence-corrected chi connectivity index (χ2v) is 17.7.